The smallest absolute Gasteiger partial charge is 0.106 e. The minimum atomic E-state index is -0.314. The molecule has 0 saturated carbocycles. The molecule has 1 unspecified atom stereocenters. The van der Waals surface area contributed by atoms with Gasteiger partial charge in [-0.3, -0.25) is 0 Å². The van der Waals surface area contributed by atoms with Crippen molar-refractivity contribution >= 4 is 0 Å². The molecule has 0 bridgehead atoms. The average Bonchev–Trinajstić information content (AvgIpc) is 2.34. The zero-order valence-electron chi connectivity index (χ0n) is 12.6. The molecule has 0 aromatic heterocycles. The summed E-state index contributed by atoms with van der Waals surface area (Å²) in [5.74, 6) is 0. The summed E-state index contributed by atoms with van der Waals surface area (Å²) in [7, 11) is 1.90. The lowest BCUT2D eigenvalue weighted by Gasteiger charge is -2.38. The van der Waals surface area contributed by atoms with Gasteiger partial charge in [-0.15, -0.1) is 0 Å². The minimum Gasteiger partial charge on any atom is -0.303 e. The zero-order chi connectivity index (χ0) is 13.6. The number of nitrogens with zero attached hydrogens (tertiary/aromatic N) is 2. The lowest BCUT2D eigenvalue weighted by atomic mass is 9.84. The molecule has 0 aromatic carbocycles. The van der Waals surface area contributed by atoms with Gasteiger partial charge < -0.3 is 10.2 Å². The highest BCUT2D eigenvalue weighted by atomic mass is 15.1. The maximum Gasteiger partial charge on any atom is 0.106 e. The van der Waals surface area contributed by atoms with Gasteiger partial charge in [-0.25, -0.2) is 0 Å². The van der Waals surface area contributed by atoms with Crippen LogP contribution in [0.4, 0.5) is 0 Å². The van der Waals surface area contributed by atoms with Crippen LogP contribution in [0.2, 0.25) is 0 Å². The van der Waals surface area contributed by atoms with Crippen molar-refractivity contribution < 1.29 is 0 Å². The van der Waals surface area contributed by atoms with Crippen LogP contribution in [0.25, 0.3) is 0 Å². The van der Waals surface area contributed by atoms with E-state index in [4.69, 9.17) is 0 Å². The summed E-state index contributed by atoms with van der Waals surface area (Å²) in [6.07, 6.45) is 5.60. The van der Waals surface area contributed by atoms with Crippen molar-refractivity contribution in [1.29, 1.82) is 5.26 Å². The van der Waals surface area contributed by atoms with E-state index in [1.165, 1.54) is 25.9 Å². The van der Waals surface area contributed by atoms with Crippen molar-refractivity contribution in [3.8, 4) is 6.07 Å². The summed E-state index contributed by atoms with van der Waals surface area (Å²) < 4.78 is 0. The maximum absolute atomic E-state index is 9.27. The third-order valence-corrected chi connectivity index (χ3v) is 4.35. The number of piperidine rings is 1. The molecule has 0 amide bonds. The van der Waals surface area contributed by atoms with E-state index in [1.54, 1.807) is 0 Å². The van der Waals surface area contributed by atoms with Gasteiger partial charge in [0.25, 0.3) is 0 Å². The molecule has 1 N–H and O–H groups in total. The summed E-state index contributed by atoms with van der Waals surface area (Å²) in [5.41, 5.74) is 0.156. The lowest BCUT2D eigenvalue weighted by Crippen LogP contribution is -2.43. The summed E-state index contributed by atoms with van der Waals surface area (Å²) in [4.78, 5) is 2.57. The molecule has 104 valence electrons. The van der Waals surface area contributed by atoms with Crippen LogP contribution in [0.1, 0.15) is 52.9 Å². The molecule has 3 nitrogen and oxygen atoms in total. The second-order valence-electron chi connectivity index (χ2n) is 6.44. The molecule has 0 radical (unpaired) electrons. The van der Waals surface area contributed by atoms with Gasteiger partial charge in [-0.2, -0.15) is 5.26 Å². The molecule has 0 spiro atoms. The normalized spacial score (nSPS) is 23.3. The lowest BCUT2D eigenvalue weighted by molar-refractivity contribution is 0.114. The van der Waals surface area contributed by atoms with Crippen molar-refractivity contribution in [2.24, 2.45) is 5.41 Å². The fraction of sp³-hybridized carbons (Fsp3) is 0.933. The Kier molecular flexibility index (Phi) is 5.62. The number of hydrogen-bond acceptors (Lipinski definition) is 3. The van der Waals surface area contributed by atoms with Crippen LogP contribution in [-0.4, -0.2) is 37.1 Å². The van der Waals surface area contributed by atoms with Crippen molar-refractivity contribution in [2.75, 3.05) is 26.7 Å². The Bertz CT molecular complexity index is 287. The number of hydrogen-bond donors (Lipinski definition) is 1. The molecule has 18 heavy (non-hydrogen) atoms. The first-order valence-electron chi connectivity index (χ1n) is 7.29. The molecule has 1 aliphatic heterocycles. The van der Waals surface area contributed by atoms with E-state index in [-0.39, 0.29) is 5.54 Å². The summed E-state index contributed by atoms with van der Waals surface area (Å²) in [6, 6.07) is 2.44. The summed E-state index contributed by atoms with van der Waals surface area (Å²) >= 11 is 0. The van der Waals surface area contributed by atoms with E-state index in [2.05, 4.69) is 37.1 Å². The minimum absolute atomic E-state index is 0.314. The Balaban J connectivity index is 2.35. The molecular weight excluding hydrogens is 222 g/mol. The van der Waals surface area contributed by atoms with E-state index in [1.807, 2.05) is 7.05 Å². The number of likely N-dealkylation sites (tertiary alicyclic amines) is 1. The van der Waals surface area contributed by atoms with Crippen molar-refractivity contribution in [1.82, 2.24) is 10.2 Å². The average molecular weight is 251 g/mol. The Labute approximate surface area is 113 Å². The van der Waals surface area contributed by atoms with E-state index < -0.39 is 0 Å². The number of nitriles is 1. The van der Waals surface area contributed by atoms with Crippen molar-refractivity contribution in [3.05, 3.63) is 0 Å². The molecule has 3 heteroatoms. The molecular formula is C15H29N3. The first kappa shape index (κ1) is 15.5. The topological polar surface area (TPSA) is 39.1 Å². The quantitative estimate of drug-likeness (QED) is 0.789. The zero-order valence-corrected chi connectivity index (χ0v) is 12.6. The van der Waals surface area contributed by atoms with Crippen LogP contribution in [-0.2, 0) is 0 Å². The predicted octanol–water partition coefficient (Wildman–Crippen LogP) is 2.78. The second kappa shape index (κ2) is 6.54. The molecule has 0 aromatic rings. The summed E-state index contributed by atoms with van der Waals surface area (Å²) in [6.45, 7) is 10.4. The van der Waals surface area contributed by atoms with Crippen LogP contribution in [0.3, 0.4) is 0 Å². The Morgan fingerprint density at radius 1 is 1.44 bits per heavy atom. The Hall–Kier alpha value is -0.590. The predicted molar refractivity (Wildman–Crippen MR) is 76.4 cm³/mol. The van der Waals surface area contributed by atoms with E-state index >= 15 is 0 Å². The van der Waals surface area contributed by atoms with Crippen LogP contribution in [0.15, 0.2) is 0 Å². The third-order valence-electron chi connectivity index (χ3n) is 4.35. The van der Waals surface area contributed by atoms with E-state index in [0.717, 1.165) is 25.8 Å². The number of rotatable bonds is 6. The highest BCUT2D eigenvalue weighted by Crippen LogP contribution is 2.28. The Morgan fingerprint density at radius 2 is 2.17 bits per heavy atom. The maximum atomic E-state index is 9.27. The van der Waals surface area contributed by atoms with Gasteiger partial charge in [-0.05, 0) is 57.7 Å². The largest absolute Gasteiger partial charge is 0.303 e. The fourth-order valence-electron chi connectivity index (χ4n) is 3.01. The fourth-order valence-corrected chi connectivity index (χ4v) is 3.01. The van der Waals surface area contributed by atoms with Gasteiger partial charge in [0.15, 0.2) is 0 Å². The molecule has 1 heterocycles. The highest BCUT2D eigenvalue weighted by Gasteiger charge is 2.28. The van der Waals surface area contributed by atoms with Crippen LogP contribution < -0.4 is 5.32 Å². The molecule has 1 fully saturated rings. The Morgan fingerprint density at radius 3 is 2.67 bits per heavy atom. The van der Waals surface area contributed by atoms with Gasteiger partial charge >= 0.3 is 0 Å². The van der Waals surface area contributed by atoms with Crippen LogP contribution in [0, 0.1) is 16.7 Å². The molecule has 1 aliphatic rings. The first-order valence-corrected chi connectivity index (χ1v) is 7.29. The molecule has 1 rings (SSSR count). The molecule has 1 atom stereocenters. The first-order chi connectivity index (χ1) is 8.47. The highest BCUT2D eigenvalue weighted by molar-refractivity contribution is 5.05. The van der Waals surface area contributed by atoms with Crippen LogP contribution >= 0.6 is 0 Å². The van der Waals surface area contributed by atoms with E-state index in [9.17, 15) is 5.26 Å². The third kappa shape index (κ3) is 4.26. The molecule has 0 aliphatic carbocycles. The van der Waals surface area contributed by atoms with E-state index in [0.29, 0.717) is 5.41 Å². The van der Waals surface area contributed by atoms with Crippen molar-refractivity contribution in [3.63, 3.8) is 0 Å². The second-order valence-corrected chi connectivity index (χ2v) is 6.44. The van der Waals surface area contributed by atoms with Gasteiger partial charge in [0.2, 0.25) is 0 Å². The van der Waals surface area contributed by atoms with Gasteiger partial charge in [0.05, 0.1) is 6.07 Å². The molecule has 1 saturated heterocycles. The van der Waals surface area contributed by atoms with Crippen molar-refractivity contribution in [2.45, 2.75) is 58.4 Å². The van der Waals surface area contributed by atoms with Gasteiger partial charge in [0, 0.05) is 6.54 Å². The SMILES string of the molecule is CCC(C#N)(CCCN1CCCC(C)(C)C1)NC. The number of nitrogens with one attached hydrogen (secondary N) is 1. The van der Waals surface area contributed by atoms with Gasteiger partial charge in [0.1, 0.15) is 5.54 Å². The standard InChI is InChI=1S/C15H29N3/c1-5-15(12-16,17-4)9-7-11-18-10-6-8-14(2,3)13-18/h17H,5-11,13H2,1-4H3. The van der Waals surface area contributed by atoms with Gasteiger partial charge in [-0.1, -0.05) is 20.8 Å². The van der Waals surface area contributed by atoms with Crippen LogP contribution in [0.5, 0.6) is 0 Å². The summed E-state index contributed by atoms with van der Waals surface area (Å²) in [5, 5.41) is 12.5. The monoisotopic (exact) mass is 251 g/mol.